The average molecular weight is 156 g/mol. The van der Waals surface area contributed by atoms with Gasteiger partial charge in [0.1, 0.15) is 0 Å². The number of carboxylic acids is 1. The van der Waals surface area contributed by atoms with E-state index in [1.54, 1.807) is 0 Å². The quantitative estimate of drug-likeness (QED) is 0.665. The van der Waals surface area contributed by atoms with Crippen LogP contribution in [0.5, 0.6) is 0 Å². The Morgan fingerprint density at radius 3 is 2.36 bits per heavy atom. The number of carboxylic acid groups (broad SMARTS) is 1. The molecule has 1 N–H and O–H groups in total. The summed E-state index contributed by atoms with van der Waals surface area (Å²) in [4.78, 5) is 10.3. The molecule has 0 amide bonds. The Balaban J connectivity index is 2.32. The van der Waals surface area contributed by atoms with Gasteiger partial charge in [-0.3, -0.25) is 4.79 Å². The smallest absolute Gasteiger partial charge is 0.303 e. The van der Waals surface area contributed by atoms with Crippen molar-refractivity contribution in [3.05, 3.63) is 0 Å². The fourth-order valence-electron chi connectivity index (χ4n) is 1.76. The molecule has 1 saturated carbocycles. The third-order valence-electron chi connectivity index (χ3n) is 2.47. The molecule has 0 spiro atoms. The maximum Gasteiger partial charge on any atom is 0.303 e. The molecule has 2 nitrogen and oxygen atoms in total. The van der Waals surface area contributed by atoms with Crippen LogP contribution in [-0.4, -0.2) is 11.1 Å². The molecule has 1 fully saturated rings. The molecule has 0 bridgehead atoms. The Morgan fingerprint density at radius 2 is 2.09 bits per heavy atom. The first-order valence-electron chi connectivity index (χ1n) is 4.13. The third kappa shape index (κ3) is 2.21. The van der Waals surface area contributed by atoms with E-state index in [-0.39, 0.29) is 0 Å². The number of aliphatic carboxylic acids is 1. The van der Waals surface area contributed by atoms with Crippen LogP contribution in [0.15, 0.2) is 0 Å². The van der Waals surface area contributed by atoms with E-state index >= 15 is 0 Å². The van der Waals surface area contributed by atoms with Gasteiger partial charge in [-0.05, 0) is 23.7 Å². The van der Waals surface area contributed by atoms with Crippen LogP contribution < -0.4 is 0 Å². The molecule has 11 heavy (non-hydrogen) atoms. The lowest BCUT2D eigenvalue weighted by Gasteiger charge is -2.17. The molecule has 2 unspecified atom stereocenters. The second kappa shape index (κ2) is 2.50. The van der Waals surface area contributed by atoms with Gasteiger partial charge in [-0.1, -0.05) is 20.8 Å². The van der Waals surface area contributed by atoms with Crippen LogP contribution in [0.25, 0.3) is 0 Å². The summed E-state index contributed by atoms with van der Waals surface area (Å²) in [6, 6.07) is 0. The molecule has 0 saturated heterocycles. The van der Waals surface area contributed by atoms with Crippen molar-refractivity contribution in [2.45, 2.75) is 33.6 Å². The standard InChI is InChI=1S/C9H16O2/c1-9(2,3)7-4-6(7)5-8(10)11/h6-7H,4-5H2,1-3H3,(H,10,11). The van der Waals surface area contributed by atoms with Crippen LogP contribution in [0.4, 0.5) is 0 Å². The summed E-state index contributed by atoms with van der Waals surface area (Å²) in [5.41, 5.74) is 0.306. The van der Waals surface area contributed by atoms with Crippen molar-refractivity contribution in [1.82, 2.24) is 0 Å². The highest BCUT2D eigenvalue weighted by Gasteiger charge is 2.45. The highest BCUT2D eigenvalue weighted by molar-refractivity contribution is 5.67. The van der Waals surface area contributed by atoms with Crippen molar-refractivity contribution in [3.63, 3.8) is 0 Å². The zero-order valence-corrected chi connectivity index (χ0v) is 7.42. The van der Waals surface area contributed by atoms with E-state index in [0.29, 0.717) is 23.7 Å². The summed E-state index contributed by atoms with van der Waals surface area (Å²) in [5.74, 6) is 0.438. The van der Waals surface area contributed by atoms with Gasteiger partial charge >= 0.3 is 5.97 Å². The average Bonchev–Trinajstić information content (AvgIpc) is 2.40. The van der Waals surface area contributed by atoms with E-state index in [1.165, 1.54) is 0 Å². The van der Waals surface area contributed by atoms with E-state index in [1.807, 2.05) is 0 Å². The van der Waals surface area contributed by atoms with Gasteiger partial charge in [-0.2, -0.15) is 0 Å². The zero-order chi connectivity index (χ0) is 8.65. The first kappa shape index (κ1) is 8.57. The van der Waals surface area contributed by atoms with Gasteiger partial charge in [0.05, 0.1) is 0 Å². The van der Waals surface area contributed by atoms with E-state index in [2.05, 4.69) is 20.8 Å². The molecule has 0 aromatic carbocycles. The van der Waals surface area contributed by atoms with Crippen LogP contribution >= 0.6 is 0 Å². The maximum absolute atomic E-state index is 10.3. The Kier molecular flexibility index (Phi) is 1.95. The maximum atomic E-state index is 10.3. The molecule has 1 rings (SSSR count). The summed E-state index contributed by atoms with van der Waals surface area (Å²) in [5, 5.41) is 8.51. The summed E-state index contributed by atoms with van der Waals surface area (Å²) in [7, 11) is 0. The van der Waals surface area contributed by atoms with Gasteiger partial charge in [-0.25, -0.2) is 0 Å². The fraction of sp³-hybridized carbons (Fsp3) is 0.889. The monoisotopic (exact) mass is 156 g/mol. The Morgan fingerprint density at radius 1 is 1.55 bits per heavy atom. The molecular weight excluding hydrogens is 140 g/mol. The van der Waals surface area contributed by atoms with Crippen LogP contribution in [-0.2, 0) is 4.79 Å². The molecular formula is C9H16O2. The van der Waals surface area contributed by atoms with Crippen molar-refractivity contribution in [2.24, 2.45) is 17.3 Å². The van der Waals surface area contributed by atoms with Crippen LogP contribution in [0.1, 0.15) is 33.6 Å². The highest BCUT2D eigenvalue weighted by Crippen LogP contribution is 2.52. The van der Waals surface area contributed by atoms with E-state index in [4.69, 9.17) is 5.11 Å². The molecule has 2 heteroatoms. The first-order valence-corrected chi connectivity index (χ1v) is 4.13. The van der Waals surface area contributed by atoms with Crippen molar-refractivity contribution in [2.75, 3.05) is 0 Å². The molecule has 0 radical (unpaired) electrons. The molecule has 0 aromatic rings. The Bertz CT molecular complexity index is 167. The SMILES string of the molecule is CC(C)(C)C1CC1CC(=O)O. The van der Waals surface area contributed by atoms with Gasteiger partial charge in [0, 0.05) is 6.42 Å². The molecule has 1 aliphatic rings. The van der Waals surface area contributed by atoms with Crippen molar-refractivity contribution >= 4 is 5.97 Å². The lowest BCUT2D eigenvalue weighted by atomic mass is 9.88. The van der Waals surface area contributed by atoms with E-state index < -0.39 is 5.97 Å². The summed E-state index contributed by atoms with van der Waals surface area (Å²) in [6.45, 7) is 6.54. The molecule has 0 aliphatic heterocycles. The zero-order valence-electron chi connectivity index (χ0n) is 7.42. The summed E-state index contributed by atoms with van der Waals surface area (Å²) < 4.78 is 0. The lowest BCUT2D eigenvalue weighted by Crippen LogP contribution is -2.10. The largest absolute Gasteiger partial charge is 0.481 e. The van der Waals surface area contributed by atoms with Gasteiger partial charge in [0.2, 0.25) is 0 Å². The molecule has 1 aliphatic carbocycles. The molecule has 64 valence electrons. The Labute approximate surface area is 67.6 Å². The number of hydrogen-bond acceptors (Lipinski definition) is 1. The second-order valence-electron chi connectivity index (χ2n) is 4.57. The summed E-state index contributed by atoms with van der Waals surface area (Å²) in [6.07, 6.45) is 1.47. The van der Waals surface area contributed by atoms with Crippen molar-refractivity contribution < 1.29 is 9.90 Å². The van der Waals surface area contributed by atoms with Crippen molar-refractivity contribution in [1.29, 1.82) is 0 Å². The number of hydrogen-bond donors (Lipinski definition) is 1. The molecule has 0 heterocycles. The molecule has 2 atom stereocenters. The normalized spacial score (nSPS) is 30.1. The van der Waals surface area contributed by atoms with Crippen molar-refractivity contribution in [3.8, 4) is 0 Å². The van der Waals surface area contributed by atoms with E-state index in [0.717, 1.165) is 6.42 Å². The van der Waals surface area contributed by atoms with Crippen LogP contribution in [0, 0.1) is 17.3 Å². The van der Waals surface area contributed by atoms with Gasteiger partial charge in [0.15, 0.2) is 0 Å². The lowest BCUT2D eigenvalue weighted by molar-refractivity contribution is -0.137. The molecule has 0 aromatic heterocycles. The minimum atomic E-state index is -0.651. The topological polar surface area (TPSA) is 37.3 Å². The summed E-state index contributed by atoms with van der Waals surface area (Å²) >= 11 is 0. The predicted octanol–water partition coefficient (Wildman–Crippen LogP) is 2.14. The van der Waals surface area contributed by atoms with Crippen LogP contribution in [0.2, 0.25) is 0 Å². The number of rotatable bonds is 2. The predicted molar refractivity (Wildman–Crippen MR) is 43.3 cm³/mol. The van der Waals surface area contributed by atoms with Gasteiger partial charge in [0.25, 0.3) is 0 Å². The first-order chi connectivity index (χ1) is 4.91. The Hall–Kier alpha value is -0.530. The number of carbonyl (C=O) groups is 1. The second-order valence-corrected chi connectivity index (χ2v) is 4.57. The van der Waals surface area contributed by atoms with Crippen LogP contribution in [0.3, 0.4) is 0 Å². The minimum absolute atomic E-state index is 0.306. The fourth-order valence-corrected chi connectivity index (χ4v) is 1.76. The minimum Gasteiger partial charge on any atom is -0.481 e. The van der Waals surface area contributed by atoms with Gasteiger partial charge < -0.3 is 5.11 Å². The van der Waals surface area contributed by atoms with Gasteiger partial charge in [-0.15, -0.1) is 0 Å². The van der Waals surface area contributed by atoms with E-state index in [9.17, 15) is 4.79 Å². The third-order valence-corrected chi connectivity index (χ3v) is 2.47. The highest BCUT2D eigenvalue weighted by atomic mass is 16.4.